The van der Waals surface area contributed by atoms with E-state index < -0.39 is 17.9 Å². The topological polar surface area (TPSA) is 52.6 Å². The summed E-state index contributed by atoms with van der Waals surface area (Å²) in [7, 11) is 0. The fourth-order valence-corrected chi connectivity index (χ4v) is 1.71. The number of halogens is 2. The normalized spacial score (nSPS) is 10.9. The summed E-state index contributed by atoms with van der Waals surface area (Å²) in [5, 5.41) is 0. The second-order valence-corrected chi connectivity index (χ2v) is 4.70. The number of carbonyl (C=O) groups is 2. The average Bonchev–Trinajstić information content (AvgIpc) is 2.59. The molecule has 0 aliphatic heterocycles. The van der Waals surface area contributed by atoms with Crippen molar-refractivity contribution in [2.75, 3.05) is 0 Å². The first kappa shape index (κ1) is 16.6. The summed E-state index contributed by atoms with van der Waals surface area (Å²) in [6.45, 7) is -0.692. The Morgan fingerprint density at radius 2 is 1.09 bits per heavy atom. The Balaban J connectivity index is 1.88. The SMILES string of the molecule is O=C(OCc1ccccc1)C(F)(F)C(=O)OCc1ccccc1. The van der Waals surface area contributed by atoms with Gasteiger partial charge in [-0.15, -0.1) is 0 Å². The summed E-state index contributed by atoms with van der Waals surface area (Å²) in [5.74, 6) is -8.21. The van der Waals surface area contributed by atoms with Gasteiger partial charge in [-0.1, -0.05) is 60.7 Å². The molecular formula is C17H14F2O4. The molecule has 0 atom stereocenters. The molecule has 4 nitrogen and oxygen atoms in total. The lowest BCUT2D eigenvalue weighted by Gasteiger charge is -2.14. The first-order valence-electron chi connectivity index (χ1n) is 6.80. The zero-order valence-corrected chi connectivity index (χ0v) is 12.1. The molecule has 0 aromatic heterocycles. The summed E-state index contributed by atoms with van der Waals surface area (Å²) in [4.78, 5) is 22.8. The average molecular weight is 320 g/mol. The molecule has 0 amide bonds. The van der Waals surface area contributed by atoms with Gasteiger partial charge in [0.25, 0.3) is 0 Å². The standard InChI is InChI=1S/C17H14F2O4/c18-17(19,15(20)22-11-13-7-3-1-4-8-13)16(21)23-12-14-9-5-2-6-10-14/h1-10H,11-12H2. The van der Waals surface area contributed by atoms with E-state index in [1.165, 1.54) is 0 Å². The molecule has 0 saturated carbocycles. The van der Waals surface area contributed by atoms with Crippen LogP contribution in [0.15, 0.2) is 60.7 Å². The minimum Gasteiger partial charge on any atom is -0.456 e. The van der Waals surface area contributed by atoms with Crippen LogP contribution in [0.25, 0.3) is 0 Å². The number of esters is 2. The van der Waals surface area contributed by atoms with Crippen molar-refractivity contribution in [3.8, 4) is 0 Å². The van der Waals surface area contributed by atoms with Crippen molar-refractivity contribution >= 4 is 11.9 Å². The molecule has 0 N–H and O–H groups in total. The van der Waals surface area contributed by atoms with E-state index in [4.69, 9.17) is 0 Å². The molecule has 0 spiro atoms. The van der Waals surface area contributed by atoms with E-state index in [0.717, 1.165) is 0 Å². The van der Waals surface area contributed by atoms with Crippen LogP contribution >= 0.6 is 0 Å². The first-order valence-corrected chi connectivity index (χ1v) is 6.80. The zero-order chi connectivity index (χ0) is 16.7. The Hall–Kier alpha value is -2.76. The molecule has 0 heterocycles. The Bertz CT molecular complexity index is 599. The number of hydrogen-bond acceptors (Lipinski definition) is 4. The predicted octanol–water partition coefficient (Wildman–Crippen LogP) is 3.11. The van der Waals surface area contributed by atoms with Gasteiger partial charge in [-0.05, 0) is 11.1 Å². The fourth-order valence-electron chi connectivity index (χ4n) is 1.71. The van der Waals surface area contributed by atoms with Gasteiger partial charge in [-0.25, -0.2) is 9.59 Å². The van der Waals surface area contributed by atoms with E-state index in [2.05, 4.69) is 9.47 Å². The van der Waals surface area contributed by atoms with Gasteiger partial charge >= 0.3 is 17.9 Å². The molecule has 0 saturated heterocycles. The van der Waals surface area contributed by atoms with Gasteiger partial charge in [0.1, 0.15) is 13.2 Å². The third-order valence-corrected chi connectivity index (χ3v) is 2.94. The molecule has 0 aliphatic carbocycles. The second kappa shape index (κ2) is 7.49. The zero-order valence-electron chi connectivity index (χ0n) is 12.1. The summed E-state index contributed by atoms with van der Waals surface area (Å²) in [5.41, 5.74) is 1.07. The molecule has 2 aromatic rings. The van der Waals surface area contributed by atoms with Crippen LogP contribution in [-0.4, -0.2) is 17.9 Å². The summed E-state index contributed by atoms with van der Waals surface area (Å²) in [6.07, 6.45) is 0. The van der Waals surface area contributed by atoms with Crippen molar-refractivity contribution in [1.29, 1.82) is 0 Å². The van der Waals surface area contributed by atoms with Crippen LogP contribution in [0.2, 0.25) is 0 Å². The fraction of sp³-hybridized carbons (Fsp3) is 0.176. The maximum absolute atomic E-state index is 13.7. The molecule has 2 rings (SSSR count). The number of hydrogen-bond donors (Lipinski definition) is 0. The second-order valence-electron chi connectivity index (χ2n) is 4.70. The van der Waals surface area contributed by atoms with Crippen LogP contribution < -0.4 is 0 Å². The van der Waals surface area contributed by atoms with Gasteiger partial charge in [-0.3, -0.25) is 0 Å². The monoisotopic (exact) mass is 320 g/mol. The van der Waals surface area contributed by atoms with Crippen LogP contribution in [0.1, 0.15) is 11.1 Å². The number of benzene rings is 2. The van der Waals surface area contributed by atoms with Crippen LogP contribution in [0.4, 0.5) is 8.78 Å². The number of carbonyl (C=O) groups excluding carboxylic acids is 2. The lowest BCUT2D eigenvalue weighted by molar-refractivity contribution is -0.192. The van der Waals surface area contributed by atoms with Crippen LogP contribution in [-0.2, 0) is 32.3 Å². The van der Waals surface area contributed by atoms with Crippen molar-refractivity contribution in [3.05, 3.63) is 71.8 Å². The van der Waals surface area contributed by atoms with Gasteiger partial charge in [0.15, 0.2) is 0 Å². The molecule has 0 aliphatic rings. The maximum Gasteiger partial charge on any atom is 0.437 e. The predicted molar refractivity (Wildman–Crippen MR) is 77.4 cm³/mol. The number of alkyl halides is 2. The van der Waals surface area contributed by atoms with Gasteiger partial charge in [0.05, 0.1) is 0 Å². The molecule has 0 radical (unpaired) electrons. The highest BCUT2D eigenvalue weighted by molar-refractivity contribution is 6.01. The molecule has 2 aromatic carbocycles. The van der Waals surface area contributed by atoms with E-state index in [1.807, 2.05) is 0 Å². The highest BCUT2D eigenvalue weighted by Crippen LogP contribution is 2.19. The summed E-state index contributed by atoms with van der Waals surface area (Å²) in [6, 6.07) is 16.6. The quantitative estimate of drug-likeness (QED) is 0.606. The molecule has 0 unspecified atom stereocenters. The Morgan fingerprint density at radius 1 is 0.739 bits per heavy atom. The third kappa shape index (κ3) is 4.60. The van der Waals surface area contributed by atoms with Crippen molar-refractivity contribution in [3.63, 3.8) is 0 Å². The molecule has 6 heteroatoms. The van der Waals surface area contributed by atoms with Gasteiger partial charge < -0.3 is 9.47 Å². The van der Waals surface area contributed by atoms with Crippen molar-refractivity contribution in [2.45, 2.75) is 19.1 Å². The Kier molecular flexibility index (Phi) is 5.41. The van der Waals surface area contributed by atoms with Crippen LogP contribution in [0.3, 0.4) is 0 Å². The summed E-state index contributed by atoms with van der Waals surface area (Å²) < 4.78 is 36.3. The molecular weight excluding hydrogens is 306 g/mol. The number of ether oxygens (including phenoxy) is 2. The van der Waals surface area contributed by atoms with E-state index >= 15 is 0 Å². The van der Waals surface area contributed by atoms with E-state index in [1.54, 1.807) is 60.7 Å². The molecule has 0 fully saturated rings. The Morgan fingerprint density at radius 3 is 1.43 bits per heavy atom. The first-order chi connectivity index (χ1) is 11.0. The van der Waals surface area contributed by atoms with Gasteiger partial charge in [0, 0.05) is 0 Å². The van der Waals surface area contributed by atoms with E-state index in [-0.39, 0.29) is 13.2 Å². The lowest BCUT2D eigenvalue weighted by atomic mass is 10.2. The van der Waals surface area contributed by atoms with Gasteiger partial charge in [-0.2, -0.15) is 8.78 Å². The van der Waals surface area contributed by atoms with E-state index in [0.29, 0.717) is 11.1 Å². The summed E-state index contributed by atoms with van der Waals surface area (Å²) >= 11 is 0. The van der Waals surface area contributed by atoms with E-state index in [9.17, 15) is 18.4 Å². The number of rotatable bonds is 6. The largest absolute Gasteiger partial charge is 0.456 e. The van der Waals surface area contributed by atoms with Crippen molar-refractivity contribution in [1.82, 2.24) is 0 Å². The maximum atomic E-state index is 13.7. The van der Waals surface area contributed by atoms with Crippen LogP contribution in [0.5, 0.6) is 0 Å². The smallest absolute Gasteiger partial charge is 0.437 e. The van der Waals surface area contributed by atoms with Crippen LogP contribution in [0, 0.1) is 0 Å². The highest BCUT2D eigenvalue weighted by atomic mass is 19.3. The lowest BCUT2D eigenvalue weighted by Crippen LogP contribution is -2.40. The molecule has 23 heavy (non-hydrogen) atoms. The minimum atomic E-state index is -4.34. The third-order valence-electron chi connectivity index (χ3n) is 2.94. The van der Waals surface area contributed by atoms with Gasteiger partial charge in [0.2, 0.25) is 0 Å². The highest BCUT2D eigenvalue weighted by Gasteiger charge is 2.51. The van der Waals surface area contributed by atoms with Crippen molar-refractivity contribution in [2.24, 2.45) is 0 Å². The van der Waals surface area contributed by atoms with Crippen molar-refractivity contribution < 1.29 is 27.8 Å². The Labute approximate surface area is 131 Å². The molecule has 0 bridgehead atoms. The minimum absolute atomic E-state index is 0.346. The molecule has 120 valence electrons.